The Hall–Kier alpha value is -3.89. The second-order valence-electron chi connectivity index (χ2n) is 7.58. The zero-order valence-corrected chi connectivity index (χ0v) is 17.9. The Morgan fingerprint density at radius 3 is 2.68 bits per heavy atom. The van der Waals surface area contributed by atoms with Gasteiger partial charge in [0.05, 0.1) is 21.7 Å². The highest BCUT2D eigenvalue weighted by atomic mass is 32.1. The summed E-state index contributed by atoms with van der Waals surface area (Å²) in [6.45, 7) is 3.64. The van der Waals surface area contributed by atoms with Gasteiger partial charge in [0.1, 0.15) is 11.5 Å². The van der Waals surface area contributed by atoms with E-state index in [0.717, 1.165) is 15.8 Å². The number of benzene rings is 3. The number of anilines is 2. The number of nitrogen functional groups attached to an aromatic ring is 1. The van der Waals surface area contributed by atoms with E-state index < -0.39 is 5.41 Å². The fourth-order valence-electron chi connectivity index (χ4n) is 3.08. The molecule has 6 nitrogen and oxygen atoms in total. The van der Waals surface area contributed by atoms with Crippen LogP contribution in [-0.4, -0.2) is 10.9 Å². The van der Waals surface area contributed by atoms with Gasteiger partial charge in [0.2, 0.25) is 0 Å². The number of carbonyl (C=O) groups is 1. The Kier molecular flexibility index (Phi) is 5.32. The highest BCUT2D eigenvalue weighted by Crippen LogP contribution is 2.31. The van der Waals surface area contributed by atoms with Crippen LogP contribution in [0.5, 0.6) is 11.5 Å². The zero-order valence-electron chi connectivity index (χ0n) is 17.0. The molecule has 4 aromatic rings. The van der Waals surface area contributed by atoms with E-state index in [1.54, 1.807) is 30.3 Å². The van der Waals surface area contributed by atoms with Gasteiger partial charge in [-0.1, -0.05) is 29.5 Å². The molecule has 0 aliphatic carbocycles. The number of thiazole rings is 1. The quantitative estimate of drug-likeness (QED) is 0.423. The second kappa shape index (κ2) is 8.09. The maximum Gasteiger partial charge on any atom is 0.255 e. The Balaban J connectivity index is 1.51. The van der Waals surface area contributed by atoms with E-state index in [1.807, 2.05) is 50.2 Å². The predicted octanol–water partition coefficient (Wildman–Crippen LogP) is 5.72. The SMILES string of the molecule is CC(C)(C#N)c1cccc(C(=O)Nc2cccc(Oc3ccc4nc(N)sc4c3)c2)c1. The minimum absolute atomic E-state index is 0.255. The molecule has 0 bridgehead atoms. The monoisotopic (exact) mass is 428 g/mol. The predicted molar refractivity (Wildman–Crippen MR) is 124 cm³/mol. The maximum atomic E-state index is 12.7. The smallest absolute Gasteiger partial charge is 0.255 e. The van der Waals surface area contributed by atoms with Crippen molar-refractivity contribution in [3.05, 3.63) is 77.9 Å². The topological polar surface area (TPSA) is 101 Å². The molecule has 0 aliphatic heterocycles. The largest absolute Gasteiger partial charge is 0.457 e. The molecule has 1 aromatic heterocycles. The maximum absolute atomic E-state index is 12.7. The van der Waals surface area contributed by atoms with Gasteiger partial charge in [0.15, 0.2) is 5.13 Å². The molecule has 0 atom stereocenters. The van der Waals surface area contributed by atoms with Crippen molar-refractivity contribution in [2.45, 2.75) is 19.3 Å². The van der Waals surface area contributed by atoms with Crippen LogP contribution < -0.4 is 15.8 Å². The van der Waals surface area contributed by atoms with E-state index in [2.05, 4.69) is 16.4 Å². The van der Waals surface area contributed by atoms with Crippen LogP contribution in [-0.2, 0) is 5.41 Å². The number of fused-ring (bicyclic) bond motifs is 1. The molecular formula is C24H20N4O2S. The molecule has 4 rings (SSSR count). The summed E-state index contributed by atoms with van der Waals surface area (Å²) < 4.78 is 6.90. The second-order valence-corrected chi connectivity index (χ2v) is 8.65. The molecule has 0 aliphatic rings. The first-order valence-electron chi connectivity index (χ1n) is 9.61. The van der Waals surface area contributed by atoms with Crippen LogP contribution in [0, 0.1) is 11.3 Å². The minimum atomic E-state index is -0.673. The van der Waals surface area contributed by atoms with Gasteiger partial charge in [-0.15, -0.1) is 0 Å². The first-order valence-corrected chi connectivity index (χ1v) is 10.4. The fraction of sp³-hybridized carbons (Fsp3) is 0.125. The average molecular weight is 429 g/mol. The van der Waals surface area contributed by atoms with E-state index in [9.17, 15) is 10.1 Å². The summed E-state index contributed by atoms with van der Waals surface area (Å²) in [4.78, 5) is 17.0. The highest BCUT2D eigenvalue weighted by Gasteiger charge is 2.21. The van der Waals surface area contributed by atoms with Crippen molar-refractivity contribution in [1.29, 1.82) is 5.26 Å². The lowest BCUT2D eigenvalue weighted by atomic mass is 9.85. The molecule has 1 heterocycles. The van der Waals surface area contributed by atoms with E-state index in [-0.39, 0.29) is 5.91 Å². The molecule has 0 spiro atoms. The third-order valence-electron chi connectivity index (χ3n) is 4.83. The minimum Gasteiger partial charge on any atom is -0.457 e. The number of nitriles is 1. The lowest BCUT2D eigenvalue weighted by Gasteiger charge is -2.16. The molecule has 0 fully saturated rings. The van der Waals surface area contributed by atoms with Gasteiger partial charge in [0.25, 0.3) is 5.91 Å². The summed E-state index contributed by atoms with van der Waals surface area (Å²) >= 11 is 1.40. The van der Waals surface area contributed by atoms with Crippen LogP contribution in [0.1, 0.15) is 29.8 Å². The molecule has 0 saturated heterocycles. The lowest BCUT2D eigenvalue weighted by molar-refractivity contribution is 0.102. The van der Waals surface area contributed by atoms with Crippen LogP contribution >= 0.6 is 11.3 Å². The van der Waals surface area contributed by atoms with Crippen molar-refractivity contribution in [2.75, 3.05) is 11.1 Å². The summed E-state index contributed by atoms with van der Waals surface area (Å²) in [7, 11) is 0. The van der Waals surface area contributed by atoms with Gasteiger partial charge >= 0.3 is 0 Å². The lowest BCUT2D eigenvalue weighted by Crippen LogP contribution is -2.17. The van der Waals surface area contributed by atoms with Crippen molar-refractivity contribution in [2.24, 2.45) is 0 Å². The van der Waals surface area contributed by atoms with Gasteiger partial charge < -0.3 is 15.8 Å². The highest BCUT2D eigenvalue weighted by molar-refractivity contribution is 7.22. The number of rotatable bonds is 5. The van der Waals surface area contributed by atoms with Crippen LogP contribution in [0.15, 0.2) is 66.7 Å². The van der Waals surface area contributed by atoms with E-state index in [1.165, 1.54) is 11.3 Å². The van der Waals surface area contributed by atoms with Crippen LogP contribution in [0.3, 0.4) is 0 Å². The Bertz CT molecular complexity index is 1320. The molecule has 3 N–H and O–H groups in total. The van der Waals surface area contributed by atoms with E-state index >= 15 is 0 Å². The average Bonchev–Trinajstić information content (AvgIpc) is 3.13. The molecule has 7 heteroatoms. The molecule has 154 valence electrons. The number of hydrogen-bond acceptors (Lipinski definition) is 6. The van der Waals surface area contributed by atoms with Crippen molar-refractivity contribution in [3.8, 4) is 17.6 Å². The van der Waals surface area contributed by atoms with Gasteiger partial charge in [-0.05, 0) is 55.8 Å². The summed E-state index contributed by atoms with van der Waals surface area (Å²) in [6, 6.07) is 22.1. The number of nitrogens with two attached hydrogens (primary N) is 1. The summed E-state index contributed by atoms with van der Waals surface area (Å²) in [5.41, 5.74) is 7.80. The third kappa shape index (κ3) is 4.49. The summed E-state index contributed by atoms with van der Waals surface area (Å²) in [6.07, 6.45) is 0. The van der Waals surface area contributed by atoms with Gasteiger partial charge in [-0.25, -0.2) is 4.98 Å². The van der Waals surface area contributed by atoms with Crippen LogP contribution in [0.4, 0.5) is 10.8 Å². The fourth-order valence-corrected chi connectivity index (χ4v) is 3.84. The van der Waals surface area contributed by atoms with Gasteiger partial charge in [-0.3, -0.25) is 4.79 Å². The first-order chi connectivity index (χ1) is 14.8. The first kappa shape index (κ1) is 20.4. The Morgan fingerprint density at radius 1 is 1.10 bits per heavy atom. The summed E-state index contributed by atoms with van der Waals surface area (Å²) in [5, 5.41) is 12.8. The number of amides is 1. The van der Waals surface area contributed by atoms with E-state index in [4.69, 9.17) is 10.5 Å². The van der Waals surface area contributed by atoms with Crippen LogP contribution in [0.2, 0.25) is 0 Å². The van der Waals surface area contributed by atoms with Crippen molar-refractivity contribution < 1.29 is 9.53 Å². The normalized spacial score (nSPS) is 11.1. The molecule has 0 saturated carbocycles. The van der Waals surface area contributed by atoms with Gasteiger partial charge in [-0.2, -0.15) is 5.26 Å². The van der Waals surface area contributed by atoms with Crippen molar-refractivity contribution in [1.82, 2.24) is 4.98 Å². The van der Waals surface area contributed by atoms with Crippen LogP contribution in [0.25, 0.3) is 10.2 Å². The number of aromatic nitrogens is 1. The van der Waals surface area contributed by atoms with E-state index in [0.29, 0.717) is 27.9 Å². The molecule has 0 radical (unpaired) electrons. The number of nitrogens with zero attached hydrogens (tertiary/aromatic N) is 2. The zero-order chi connectivity index (χ0) is 22.0. The number of nitrogens with one attached hydrogen (secondary N) is 1. The number of hydrogen-bond donors (Lipinski definition) is 2. The van der Waals surface area contributed by atoms with Crippen molar-refractivity contribution in [3.63, 3.8) is 0 Å². The molecule has 0 unspecified atom stereocenters. The third-order valence-corrected chi connectivity index (χ3v) is 5.68. The Labute approximate surface area is 183 Å². The number of ether oxygens (including phenoxy) is 1. The molecular weight excluding hydrogens is 408 g/mol. The molecule has 1 amide bonds. The van der Waals surface area contributed by atoms with Crippen molar-refractivity contribution >= 4 is 38.3 Å². The molecule has 31 heavy (non-hydrogen) atoms. The standard InChI is InChI=1S/C24H20N4O2S/c1-24(2,14-25)16-6-3-5-15(11-16)22(29)27-17-7-4-8-18(12-17)30-19-9-10-20-21(13-19)31-23(26)28-20/h3-13H,1-2H3,(H2,26,28)(H,27,29). The Morgan fingerprint density at radius 2 is 1.87 bits per heavy atom. The summed E-state index contributed by atoms with van der Waals surface area (Å²) in [5.74, 6) is 0.995. The number of carbonyl (C=O) groups excluding carboxylic acids is 1. The molecule has 3 aromatic carbocycles. The van der Waals surface area contributed by atoms with Gasteiger partial charge in [0, 0.05) is 23.4 Å².